The van der Waals surface area contributed by atoms with Crippen molar-refractivity contribution in [3.05, 3.63) is 70.7 Å². The Kier molecular flexibility index (Phi) is 4.79. The second-order valence-corrected chi connectivity index (χ2v) is 6.47. The first-order chi connectivity index (χ1) is 11.1. The molecule has 0 bridgehead atoms. The molecule has 1 atom stereocenters. The molecule has 0 aliphatic heterocycles. The molecule has 0 radical (unpaired) electrons. The third kappa shape index (κ3) is 3.81. The van der Waals surface area contributed by atoms with Crippen molar-refractivity contribution in [3.63, 3.8) is 0 Å². The fourth-order valence-corrected chi connectivity index (χ4v) is 3.49. The summed E-state index contributed by atoms with van der Waals surface area (Å²) in [5.74, 6) is -0.228. The molecule has 0 saturated heterocycles. The number of nitrogens with one attached hydrogen (secondary N) is 1. The molecule has 2 heterocycles. The summed E-state index contributed by atoms with van der Waals surface area (Å²) in [6.45, 7) is 4.91. The van der Waals surface area contributed by atoms with Gasteiger partial charge in [0.25, 0.3) is 0 Å². The molecular weight excluding hydrogens is 309 g/mol. The minimum Gasteiger partial charge on any atom is -0.305 e. The van der Waals surface area contributed by atoms with Crippen molar-refractivity contribution in [2.24, 2.45) is 0 Å². The van der Waals surface area contributed by atoms with E-state index in [1.807, 2.05) is 19.2 Å². The first-order valence-electron chi connectivity index (χ1n) is 7.49. The maximum Gasteiger partial charge on any atom is 0.123 e. The molecule has 3 rings (SSSR count). The van der Waals surface area contributed by atoms with Gasteiger partial charge in [-0.05, 0) is 49.7 Å². The average molecular weight is 327 g/mol. The molecule has 1 unspecified atom stereocenters. The molecular formula is C18H18FN3S. The summed E-state index contributed by atoms with van der Waals surface area (Å²) in [5, 5.41) is 4.42. The van der Waals surface area contributed by atoms with Crippen molar-refractivity contribution in [1.29, 1.82) is 0 Å². The van der Waals surface area contributed by atoms with Gasteiger partial charge in [-0.3, -0.25) is 4.98 Å². The molecule has 0 spiro atoms. The molecule has 3 aromatic rings. The number of benzene rings is 1. The van der Waals surface area contributed by atoms with Crippen molar-refractivity contribution >= 4 is 11.3 Å². The Morgan fingerprint density at radius 3 is 2.70 bits per heavy atom. The molecule has 1 N–H and O–H groups in total. The van der Waals surface area contributed by atoms with Gasteiger partial charge in [0.2, 0.25) is 0 Å². The number of hydrogen-bond donors (Lipinski definition) is 1. The Balaban J connectivity index is 1.73. The normalized spacial score (nSPS) is 12.3. The lowest BCUT2D eigenvalue weighted by atomic mass is 10.2. The van der Waals surface area contributed by atoms with E-state index in [0.717, 1.165) is 28.4 Å². The van der Waals surface area contributed by atoms with E-state index in [-0.39, 0.29) is 11.9 Å². The lowest BCUT2D eigenvalue weighted by Gasteiger charge is -2.12. The van der Waals surface area contributed by atoms with Gasteiger partial charge < -0.3 is 5.32 Å². The summed E-state index contributed by atoms with van der Waals surface area (Å²) in [6.07, 6.45) is 3.64. The van der Waals surface area contributed by atoms with Crippen molar-refractivity contribution in [2.45, 2.75) is 26.4 Å². The van der Waals surface area contributed by atoms with Gasteiger partial charge in [-0.1, -0.05) is 6.07 Å². The summed E-state index contributed by atoms with van der Waals surface area (Å²) in [5.41, 5.74) is 3.12. The van der Waals surface area contributed by atoms with Crippen LogP contribution in [0.5, 0.6) is 0 Å². The molecule has 0 aliphatic carbocycles. The van der Waals surface area contributed by atoms with Gasteiger partial charge in [0.15, 0.2) is 0 Å². The van der Waals surface area contributed by atoms with Crippen LogP contribution < -0.4 is 5.32 Å². The highest BCUT2D eigenvalue weighted by Crippen LogP contribution is 2.31. The van der Waals surface area contributed by atoms with E-state index >= 15 is 0 Å². The maximum absolute atomic E-state index is 13.0. The van der Waals surface area contributed by atoms with E-state index < -0.39 is 0 Å². The second kappa shape index (κ2) is 6.98. The fraction of sp³-hybridized carbons (Fsp3) is 0.222. The predicted molar refractivity (Wildman–Crippen MR) is 91.7 cm³/mol. The molecule has 0 aliphatic rings. The minimum absolute atomic E-state index is 0.196. The van der Waals surface area contributed by atoms with Crippen molar-refractivity contribution in [1.82, 2.24) is 15.3 Å². The highest BCUT2D eigenvalue weighted by atomic mass is 32.1. The third-order valence-corrected chi connectivity index (χ3v) is 5.04. The van der Waals surface area contributed by atoms with E-state index in [9.17, 15) is 4.39 Å². The molecule has 5 heteroatoms. The highest BCUT2D eigenvalue weighted by molar-refractivity contribution is 7.15. The summed E-state index contributed by atoms with van der Waals surface area (Å²) in [7, 11) is 0. The van der Waals surface area contributed by atoms with E-state index in [1.54, 1.807) is 29.7 Å². The van der Waals surface area contributed by atoms with Crippen LogP contribution in [0.25, 0.3) is 10.6 Å². The van der Waals surface area contributed by atoms with Crippen LogP contribution in [-0.4, -0.2) is 9.97 Å². The van der Waals surface area contributed by atoms with Gasteiger partial charge in [0.05, 0.1) is 5.69 Å². The molecule has 23 heavy (non-hydrogen) atoms. The zero-order valence-corrected chi connectivity index (χ0v) is 13.9. The van der Waals surface area contributed by atoms with Crippen LogP contribution in [0.1, 0.15) is 29.1 Å². The second-order valence-electron chi connectivity index (χ2n) is 5.44. The number of thiazole rings is 1. The van der Waals surface area contributed by atoms with Crippen LogP contribution in [0.3, 0.4) is 0 Å². The van der Waals surface area contributed by atoms with Gasteiger partial charge in [0.1, 0.15) is 10.8 Å². The molecule has 0 saturated carbocycles. The number of rotatable bonds is 5. The Bertz CT molecular complexity index is 769. The van der Waals surface area contributed by atoms with E-state index in [1.165, 1.54) is 17.0 Å². The van der Waals surface area contributed by atoms with Crippen LogP contribution in [0, 0.1) is 12.7 Å². The smallest absolute Gasteiger partial charge is 0.123 e. The molecule has 118 valence electrons. The van der Waals surface area contributed by atoms with Crippen molar-refractivity contribution in [3.8, 4) is 10.6 Å². The van der Waals surface area contributed by atoms with Gasteiger partial charge in [-0.2, -0.15) is 0 Å². The van der Waals surface area contributed by atoms with Crippen LogP contribution in [0.2, 0.25) is 0 Å². The first-order valence-corrected chi connectivity index (χ1v) is 8.30. The Morgan fingerprint density at radius 1 is 1.22 bits per heavy atom. The van der Waals surface area contributed by atoms with Crippen LogP contribution >= 0.6 is 11.3 Å². The number of aryl methyl sites for hydroxylation is 1. The molecule has 2 aromatic heterocycles. The number of nitrogens with zero attached hydrogens (tertiary/aromatic N) is 2. The SMILES string of the molecule is Cc1nc(-c2ccc(F)cc2)sc1C(C)NCc1cccnc1. The maximum atomic E-state index is 13.0. The predicted octanol–water partition coefficient (Wildman–Crippen LogP) is 4.50. The number of aromatic nitrogens is 2. The summed E-state index contributed by atoms with van der Waals surface area (Å²) in [4.78, 5) is 9.96. The topological polar surface area (TPSA) is 37.8 Å². The van der Waals surface area contributed by atoms with Gasteiger partial charge >= 0.3 is 0 Å². The van der Waals surface area contributed by atoms with E-state index in [2.05, 4.69) is 28.3 Å². The fourth-order valence-electron chi connectivity index (χ4n) is 2.39. The molecule has 0 amide bonds. The molecule has 3 nitrogen and oxygen atoms in total. The molecule has 0 fully saturated rings. The average Bonchev–Trinajstić information content (AvgIpc) is 2.96. The lowest BCUT2D eigenvalue weighted by Crippen LogP contribution is -2.17. The largest absolute Gasteiger partial charge is 0.305 e. The quantitative estimate of drug-likeness (QED) is 0.749. The van der Waals surface area contributed by atoms with Crippen LogP contribution in [0.15, 0.2) is 48.8 Å². The van der Waals surface area contributed by atoms with Crippen LogP contribution in [-0.2, 0) is 6.54 Å². The summed E-state index contributed by atoms with van der Waals surface area (Å²) >= 11 is 1.65. The zero-order chi connectivity index (χ0) is 16.2. The standard InChI is InChI=1S/C18H18FN3S/c1-12(21-11-14-4-3-9-20-10-14)17-13(2)22-18(23-17)15-5-7-16(19)8-6-15/h3-10,12,21H,11H2,1-2H3. The first kappa shape index (κ1) is 15.8. The highest BCUT2D eigenvalue weighted by Gasteiger charge is 2.15. The van der Waals surface area contributed by atoms with Gasteiger partial charge in [0, 0.05) is 35.4 Å². The number of halogens is 1. The van der Waals surface area contributed by atoms with E-state index in [0.29, 0.717) is 0 Å². The number of hydrogen-bond acceptors (Lipinski definition) is 4. The van der Waals surface area contributed by atoms with Gasteiger partial charge in [-0.25, -0.2) is 9.37 Å². The van der Waals surface area contributed by atoms with E-state index in [4.69, 9.17) is 0 Å². The minimum atomic E-state index is -0.228. The van der Waals surface area contributed by atoms with Crippen LogP contribution in [0.4, 0.5) is 4.39 Å². The Labute approximate surface area is 139 Å². The van der Waals surface area contributed by atoms with Crippen molar-refractivity contribution < 1.29 is 4.39 Å². The Morgan fingerprint density at radius 2 is 2.00 bits per heavy atom. The van der Waals surface area contributed by atoms with Gasteiger partial charge in [-0.15, -0.1) is 11.3 Å². The third-order valence-electron chi connectivity index (χ3n) is 3.65. The van der Waals surface area contributed by atoms with Crippen molar-refractivity contribution in [2.75, 3.05) is 0 Å². The zero-order valence-electron chi connectivity index (χ0n) is 13.1. The number of pyridine rings is 1. The summed E-state index contributed by atoms with van der Waals surface area (Å²) in [6, 6.07) is 10.7. The Hall–Kier alpha value is -2.11. The molecule has 1 aromatic carbocycles. The summed E-state index contributed by atoms with van der Waals surface area (Å²) < 4.78 is 13.0. The monoisotopic (exact) mass is 327 g/mol. The lowest BCUT2D eigenvalue weighted by molar-refractivity contribution is 0.578.